The average molecular weight is 203 g/mol. The van der Waals surface area contributed by atoms with Crippen LogP contribution in [0.1, 0.15) is 27.7 Å². The van der Waals surface area contributed by atoms with Gasteiger partial charge in [-0.2, -0.15) is 11.8 Å². The van der Waals surface area contributed by atoms with Crippen molar-refractivity contribution in [3.05, 3.63) is 0 Å². The highest BCUT2D eigenvalue weighted by Gasteiger charge is 2.25. The average Bonchev–Trinajstić information content (AvgIpc) is 2.11. The molecular formula is C10H21NOS. The van der Waals surface area contributed by atoms with Gasteiger partial charge in [-0.15, -0.1) is 0 Å². The Morgan fingerprint density at radius 2 is 1.92 bits per heavy atom. The molecule has 0 aromatic carbocycles. The topological polar surface area (TPSA) is 29.1 Å². The monoisotopic (exact) mass is 203 g/mol. The Morgan fingerprint density at radius 3 is 2.23 bits per heavy atom. The van der Waals surface area contributed by atoms with Gasteiger partial charge in [-0.05, 0) is 12.8 Å². The van der Waals surface area contributed by atoms with Gasteiger partial charge in [-0.1, -0.05) is 27.7 Å². The molecule has 0 fully saturated rings. The highest BCUT2D eigenvalue weighted by Crippen LogP contribution is 2.14. The summed E-state index contributed by atoms with van der Waals surface area (Å²) in [6, 6.07) is 0.0139. The highest BCUT2D eigenvalue weighted by atomic mass is 32.2. The summed E-state index contributed by atoms with van der Waals surface area (Å²) in [5.41, 5.74) is 0. The minimum absolute atomic E-state index is 0.0139. The van der Waals surface area contributed by atoms with Crippen LogP contribution in [0.4, 0.5) is 0 Å². The van der Waals surface area contributed by atoms with Crippen LogP contribution in [-0.4, -0.2) is 29.9 Å². The maximum absolute atomic E-state index is 11.8. The van der Waals surface area contributed by atoms with Crippen LogP contribution in [0.25, 0.3) is 0 Å². The normalized spacial score (nSPS) is 15.8. The molecule has 0 aromatic rings. The predicted molar refractivity (Wildman–Crippen MR) is 60.3 cm³/mol. The molecule has 0 radical (unpaired) electrons. The van der Waals surface area contributed by atoms with Gasteiger partial charge < -0.3 is 5.32 Å². The molecule has 0 saturated carbocycles. The van der Waals surface area contributed by atoms with Crippen molar-refractivity contribution in [3.8, 4) is 0 Å². The quantitative estimate of drug-likeness (QED) is 0.715. The molecule has 0 saturated heterocycles. The standard InChI is InChI=1S/C10H21NOS/c1-6-11-9(8(4)13-5)10(12)7(2)3/h7-9,11H,6H2,1-5H3. The first-order valence-electron chi connectivity index (χ1n) is 4.84. The molecule has 0 aliphatic heterocycles. The van der Waals surface area contributed by atoms with E-state index >= 15 is 0 Å². The van der Waals surface area contributed by atoms with E-state index in [1.165, 1.54) is 0 Å². The third-order valence-electron chi connectivity index (χ3n) is 2.14. The summed E-state index contributed by atoms with van der Waals surface area (Å²) in [6.45, 7) is 8.90. The number of likely N-dealkylation sites (N-methyl/N-ethyl adjacent to an activating group) is 1. The van der Waals surface area contributed by atoms with E-state index in [2.05, 4.69) is 12.2 Å². The van der Waals surface area contributed by atoms with E-state index in [0.29, 0.717) is 11.0 Å². The molecule has 0 rings (SSSR count). The van der Waals surface area contributed by atoms with Crippen molar-refractivity contribution in [2.75, 3.05) is 12.8 Å². The van der Waals surface area contributed by atoms with Crippen molar-refractivity contribution in [1.82, 2.24) is 5.32 Å². The van der Waals surface area contributed by atoms with Crippen LogP contribution < -0.4 is 5.32 Å². The molecule has 78 valence electrons. The van der Waals surface area contributed by atoms with Crippen LogP contribution in [0.2, 0.25) is 0 Å². The molecule has 2 atom stereocenters. The number of thioether (sulfide) groups is 1. The third kappa shape index (κ3) is 4.14. The molecule has 3 heteroatoms. The van der Waals surface area contributed by atoms with E-state index in [0.717, 1.165) is 6.54 Å². The number of hydrogen-bond acceptors (Lipinski definition) is 3. The number of Topliss-reactive ketones (excluding diaryl/α,β-unsaturated/α-hetero) is 1. The lowest BCUT2D eigenvalue weighted by atomic mass is 9.99. The first-order valence-corrected chi connectivity index (χ1v) is 6.13. The van der Waals surface area contributed by atoms with Crippen LogP contribution in [0.5, 0.6) is 0 Å². The zero-order valence-electron chi connectivity index (χ0n) is 9.26. The van der Waals surface area contributed by atoms with E-state index in [4.69, 9.17) is 0 Å². The number of nitrogens with one attached hydrogen (secondary N) is 1. The van der Waals surface area contributed by atoms with Crippen LogP contribution >= 0.6 is 11.8 Å². The molecule has 0 aromatic heterocycles. The molecule has 0 spiro atoms. The van der Waals surface area contributed by atoms with E-state index in [1.807, 2.05) is 27.0 Å². The molecule has 1 N–H and O–H groups in total. The van der Waals surface area contributed by atoms with Crippen LogP contribution in [0.15, 0.2) is 0 Å². The molecule has 0 bridgehead atoms. The molecule has 0 aliphatic rings. The van der Waals surface area contributed by atoms with Crippen molar-refractivity contribution in [2.45, 2.75) is 39.0 Å². The lowest BCUT2D eigenvalue weighted by Gasteiger charge is -2.23. The fraction of sp³-hybridized carbons (Fsp3) is 0.900. The predicted octanol–water partition coefficient (Wildman–Crippen LogP) is 1.94. The van der Waals surface area contributed by atoms with Crippen LogP contribution in [-0.2, 0) is 4.79 Å². The Hall–Kier alpha value is -0.0200. The zero-order chi connectivity index (χ0) is 10.4. The summed E-state index contributed by atoms with van der Waals surface area (Å²) in [5.74, 6) is 0.447. The fourth-order valence-corrected chi connectivity index (χ4v) is 1.72. The highest BCUT2D eigenvalue weighted by molar-refractivity contribution is 7.99. The molecular weight excluding hydrogens is 182 g/mol. The van der Waals surface area contributed by atoms with Crippen molar-refractivity contribution in [1.29, 1.82) is 0 Å². The zero-order valence-corrected chi connectivity index (χ0v) is 10.1. The summed E-state index contributed by atoms with van der Waals surface area (Å²) in [5, 5.41) is 3.60. The number of carbonyl (C=O) groups is 1. The smallest absolute Gasteiger partial charge is 0.153 e. The molecule has 13 heavy (non-hydrogen) atoms. The summed E-state index contributed by atoms with van der Waals surface area (Å²) < 4.78 is 0. The Kier molecular flexibility index (Phi) is 6.43. The van der Waals surface area contributed by atoms with Crippen molar-refractivity contribution >= 4 is 17.5 Å². The summed E-state index contributed by atoms with van der Waals surface area (Å²) >= 11 is 1.74. The maximum Gasteiger partial charge on any atom is 0.153 e. The van der Waals surface area contributed by atoms with Gasteiger partial charge in [0.05, 0.1) is 6.04 Å². The second kappa shape index (κ2) is 6.44. The Labute approximate surface area is 85.9 Å². The number of hydrogen-bond donors (Lipinski definition) is 1. The van der Waals surface area contributed by atoms with Gasteiger partial charge in [-0.25, -0.2) is 0 Å². The van der Waals surface area contributed by atoms with Crippen LogP contribution in [0.3, 0.4) is 0 Å². The van der Waals surface area contributed by atoms with Gasteiger partial charge in [0.25, 0.3) is 0 Å². The first kappa shape index (κ1) is 13.0. The molecule has 0 heterocycles. The second-order valence-electron chi connectivity index (χ2n) is 3.53. The number of carbonyl (C=O) groups excluding carboxylic acids is 1. The van der Waals surface area contributed by atoms with Gasteiger partial charge in [0.15, 0.2) is 5.78 Å². The third-order valence-corrected chi connectivity index (χ3v) is 3.16. The SMILES string of the molecule is CCNC(C(=O)C(C)C)C(C)SC. The first-order chi connectivity index (χ1) is 6.04. The minimum Gasteiger partial charge on any atom is -0.307 e. The van der Waals surface area contributed by atoms with Crippen LogP contribution in [0, 0.1) is 5.92 Å². The molecule has 0 aliphatic carbocycles. The van der Waals surface area contributed by atoms with Gasteiger partial charge in [0, 0.05) is 11.2 Å². The molecule has 2 nitrogen and oxygen atoms in total. The molecule has 0 amide bonds. The molecule has 2 unspecified atom stereocenters. The van der Waals surface area contributed by atoms with Gasteiger partial charge in [0.2, 0.25) is 0 Å². The lowest BCUT2D eigenvalue weighted by Crippen LogP contribution is -2.45. The maximum atomic E-state index is 11.8. The Balaban J connectivity index is 4.31. The summed E-state index contributed by atoms with van der Waals surface area (Å²) in [6.07, 6.45) is 2.04. The Bertz CT molecular complexity index is 159. The fourth-order valence-electron chi connectivity index (χ4n) is 1.21. The summed E-state index contributed by atoms with van der Waals surface area (Å²) in [7, 11) is 0. The second-order valence-corrected chi connectivity index (χ2v) is 4.75. The van der Waals surface area contributed by atoms with Gasteiger partial charge in [-0.3, -0.25) is 4.79 Å². The van der Waals surface area contributed by atoms with Gasteiger partial charge in [0.1, 0.15) is 0 Å². The van der Waals surface area contributed by atoms with E-state index < -0.39 is 0 Å². The van der Waals surface area contributed by atoms with Crippen molar-refractivity contribution in [2.24, 2.45) is 5.92 Å². The largest absolute Gasteiger partial charge is 0.307 e. The van der Waals surface area contributed by atoms with E-state index in [-0.39, 0.29) is 12.0 Å². The lowest BCUT2D eigenvalue weighted by molar-refractivity contribution is -0.123. The van der Waals surface area contributed by atoms with Gasteiger partial charge >= 0.3 is 0 Å². The van der Waals surface area contributed by atoms with E-state index in [9.17, 15) is 4.79 Å². The minimum atomic E-state index is 0.0139. The number of rotatable bonds is 6. The van der Waals surface area contributed by atoms with Crippen molar-refractivity contribution in [3.63, 3.8) is 0 Å². The summed E-state index contributed by atoms with van der Waals surface area (Å²) in [4.78, 5) is 11.8. The van der Waals surface area contributed by atoms with Crippen molar-refractivity contribution < 1.29 is 4.79 Å². The Morgan fingerprint density at radius 1 is 1.38 bits per heavy atom. The number of ketones is 1. The van der Waals surface area contributed by atoms with E-state index in [1.54, 1.807) is 11.8 Å².